The Kier molecular flexibility index (Phi) is 6.39. The second-order valence-electron chi connectivity index (χ2n) is 7.37. The molecule has 0 radical (unpaired) electrons. The fraction of sp³-hybridized carbons (Fsp3) is 0.167. The summed E-state index contributed by atoms with van der Waals surface area (Å²) in [6.45, 7) is 1.21. The average Bonchev–Trinajstić information content (AvgIpc) is 3.10. The van der Waals surface area contributed by atoms with Crippen LogP contribution < -0.4 is 10.5 Å². The van der Waals surface area contributed by atoms with Crippen LogP contribution in [0, 0.1) is 5.82 Å². The number of carboxylic acid groups (broad SMARTS) is 1. The topological polar surface area (TPSA) is 90.4 Å². The van der Waals surface area contributed by atoms with Crippen molar-refractivity contribution in [2.24, 2.45) is 5.73 Å². The summed E-state index contributed by atoms with van der Waals surface area (Å²) in [5.41, 5.74) is 9.47. The first kappa shape index (κ1) is 21.8. The van der Waals surface area contributed by atoms with Gasteiger partial charge in [0.25, 0.3) is 0 Å². The van der Waals surface area contributed by atoms with E-state index < -0.39 is 5.97 Å². The molecule has 0 saturated heterocycles. The quantitative estimate of drug-likeness (QED) is 0.405. The second-order valence-corrected chi connectivity index (χ2v) is 7.77. The lowest BCUT2D eigenvalue weighted by molar-refractivity contribution is 0.0696. The predicted octanol–water partition coefficient (Wildman–Crippen LogP) is 4.66. The third kappa shape index (κ3) is 4.74. The standard InChI is InChI=1S/C24H21ClFN3O3/c25-22-9-18(26)3-1-17(22)14-32-20-5-6-23-21(10-20)16(7-8-27)12-29(23)13-19-4-2-15(11-28-19)24(30)31/h1-6,9-12H,7-8,13-14,27H2,(H,30,31). The Bertz CT molecular complexity index is 1270. The SMILES string of the molecule is NCCc1cn(Cc2ccc(C(=O)O)cn2)c2ccc(OCc3ccc(F)cc3Cl)cc12. The van der Waals surface area contributed by atoms with Gasteiger partial charge in [0.1, 0.15) is 18.2 Å². The maximum atomic E-state index is 13.2. The number of halogens is 2. The highest BCUT2D eigenvalue weighted by atomic mass is 35.5. The van der Waals surface area contributed by atoms with E-state index >= 15 is 0 Å². The molecule has 0 bridgehead atoms. The van der Waals surface area contributed by atoms with Gasteiger partial charge in [-0.25, -0.2) is 9.18 Å². The minimum atomic E-state index is -1.00. The van der Waals surface area contributed by atoms with E-state index in [1.165, 1.54) is 18.3 Å². The lowest BCUT2D eigenvalue weighted by Crippen LogP contribution is -2.04. The van der Waals surface area contributed by atoms with E-state index in [2.05, 4.69) is 9.55 Å². The average molecular weight is 454 g/mol. The molecule has 3 N–H and O–H groups in total. The highest BCUT2D eigenvalue weighted by Gasteiger charge is 2.12. The third-order valence-electron chi connectivity index (χ3n) is 5.16. The van der Waals surface area contributed by atoms with E-state index in [1.807, 2.05) is 24.4 Å². The highest BCUT2D eigenvalue weighted by Crippen LogP contribution is 2.28. The van der Waals surface area contributed by atoms with Crippen molar-refractivity contribution < 1.29 is 19.0 Å². The lowest BCUT2D eigenvalue weighted by Gasteiger charge is -2.09. The first-order chi connectivity index (χ1) is 15.4. The molecular formula is C24H21ClFN3O3. The van der Waals surface area contributed by atoms with Crippen molar-refractivity contribution in [3.05, 3.63) is 94.1 Å². The number of nitrogens with zero attached hydrogens (tertiary/aromatic N) is 2. The molecule has 2 aromatic carbocycles. The van der Waals surface area contributed by atoms with Gasteiger partial charge in [0.05, 0.1) is 22.8 Å². The minimum absolute atomic E-state index is 0.151. The Morgan fingerprint density at radius 1 is 1.16 bits per heavy atom. The summed E-state index contributed by atoms with van der Waals surface area (Å²) in [4.78, 5) is 15.3. The molecule has 0 aliphatic carbocycles. The summed E-state index contributed by atoms with van der Waals surface area (Å²) in [5, 5.41) is 10.4. The molecule has 6 nitrogen and oxygen atoms in total. The number of fused-ring (bicyclic) bond motifs is 1. The first-order valence-corrected chi connectivity index (χ1v) is 10.4. The van der Waals surface area contributed by atoms with Crippen LogP contribution in [0.3, 0.4) is 0 Å². The van der Waals surface area contributed by atoms with E-state index in [1.54, 1.807) is 18.2 Å². The van der Waals surface area contributed by atoms with Gasteiger partial charge >= 0.3 is 5.97 Å². The van der Waals surface area contributed by atoms with Gasteiger partial charge in [0.15, 0.2) is 0 Å². The molecule has 0 aliphatic heterocycles. The molecule has 0 fully saturated rings. The fourth-order valence-electron chi connectivity index (χ4n) is 3.54. The molecular weight excluding hydrogens is 433 g/mol. The Labute approximate surface area is 189 Å². The number of benzene rings is 2. The summed E-state index contributed by atoms with van der Waals surface area (Å²) >= 11 is 6.09. The van der Waals surface area contributed by atoms with Crippen molar-refractivity contribution in [1.82, 2.24) is 9.55 Å². The number of carbonyl (C=O) groups is 1. The summed E-state index contributed by atoms with van der Waals surface area (Å²) in [6, 6.07) is 13.3. The molecule has 164 valence electrons. The van der Waals surface area contributed by atoms with Gasteiger partial charge in [0.2, 0.25) is 0 Å². The Morgan fingerprint density at radius 3 is 2.69 bits per heavy atom. The number of aromatic nitrogens is 2. The lowest BCUT2D eigenvalue weighted by atomic mass is 10.1. The number of nitrogens with two attached hydrogens (primary N) is 1. The zero-order valence-corrected chi connectivity index (χ0v) is 17.8. The normalized spacial score (nSPS) is 11.1. The van der Waals surface area contributed by atoms with Crippen LogP contribution in [-0.2, 0) is 19.6 Å². The smallest absolute Gasteiger partial charge is 0.337 e. The molecule has 4 aromatic rings. The number of aromatic carboxylic acids is 1. The van der Waals surface area contributed by atoms with Gasteiger partial charge in [-0.2, -0.15) is 0 Å². The Hall–Kier alpha value is -3.42. The number of rotatable bonds is 8. The van der Waals surface area contributed by atoms with Gasteiger partial charge in [-0.1, -0.05) is 17.7 Å². The molecule has 0 spiro atoms. The molecule has 0 aliphatic rings. The maximum Gasteiger partial charge on any atom is 0.337 e. The van der Waals surface area contributed by atoms with Gasteiger partial charge < -0.3 is 20.1 Å². The molecule has 32 heavy (non-hydrogen) atoms. The van der Waals surface area contributed by atoms with Crippen LogP contribution >= 0.6 is 11.6 Å². The van der Waals surface area contributed by atoms with Crippen molar-refractivity contribution in [3.63, 3.8) is 0 Å². The van der Waals surface area contributed by atoms with Gasteiger partial charge in [-0.05, 0) is 61.0 Å². The Morgan fingerprint density at radius 2 is 2.00 bits per heavy atom. The van der Waals surface area contributed by atoms with Crippen molar-refractivity contribution in [1.29, 1.82) is 0 Å². The van der Waals surface area contributed by atoms with Gasteiger partial charge in [-0.3, -0.25) is 4.98 Å². The van der Waals surface area contributed by atoms with Crippen LogP contribution in [0.1, 0.15) is 27.2 Å². The van der Waals surface area contributed by atoms with Gasteiger partial charge in [-0.15, -0.1) is 0 Å². The van der Waals surface area contributed by atoms with E-state index in [0.29, 0.717) is 35.8 Å². The Balaban J connectivity index is 1.59. The predicted molar refractivity (Wildman–Crippen MR) is 121 cm³/mol. The van der Waals surface area contributed by atoms with E-state index in [0.717, 1.165) is 22.2 Å². The zero-order chi connectivity index (χ0) is 22.7. The largest absolute Gasteiger partial charge is 0.489 e. The number of pyridine rings is 1. The summed E-state index contributed by atoms with van der Waals surface area (Å²) < 4.78 is 21.2. The van der Waals surface area contributed by atoms with Crippen molar-refractivity contribution in [3.8, 4) is 5.75 Å². The van der Waals surface area contributed by atoms with E-state index in [9.17, 15) is 9.18 Å². The summed E-state index contributed by atoms with van der Waals surface area (Å²) in [6.07, 6.45) is 4.09. The van der Waals surface area contributed by atoms with E-state index in [-0.39, 0.29) is 18.0 Å². The van der Waals surface area contributed by atoms with Crippen molar-refractivity contribution in [2.45, 2.75) is 19.6 Å². The monoisotopic (exact) mass is 453 g/mol. The van der Waals surface area contributed by atoms with Crippen LogP contribution in [0.2, 0.25) is 5.02 Å². The van der Waals surface area contributed by atoms with Crippen LogP contribution in [0.5, 0.6) is 5.75 Å². The van der Waals surface area contributed by atoms with E-state index in [4.69, 9.17) is 27.2 Å². The van der Waals surface area contributed by atoms with Crippen LogP contribution in [0.4, 0.5) is 4.39 Å². The molecule has 4 rings (SSSR count). The number of hydrogen-bond donors (Lipinski definition) is 2. The summed E-state index contributed by atoms with van der Waals surface area (Å²) in [5.74, 6) is -0.729. The van der Waals surface area contributed by atoms with Crippen molar-refractivity contribution >= 4 is 28.5 Å². The minimum Gasteiger partial charge on any atom is -0.489 e. The molecule has 0 atom stereocenters. The zero-order valence-electron chi connectivity index (χ0n) is 17.1. The molecule has 0 saturated carbocycles. The highest BCUT2D eigenvalue weighted by molar-refractivity contribution is 6.31. The molecule has 2 heterocycles. The second kappa shape index (κ2) is 9.38. The van der Waals surface area contributed by atoms with Crippen LogP contribution in [0.25, 0.3) is 10.9 Å². The molecule has 2 aromatic heterocycles. The first-order valence-electron chi connectivity index (χ1n) is 10.0. The number of carboxylic acids is 1. The van der Waals surface area contributed by atoms with Crippen LogP contribution in [-0.4, -0.2) is 27.2 Å². The molecule has 8 heteroatoms. The molecule has 0 unspecified atom stereocenters. The fourth-order valence-corrected chi connectivity index (χ4v) is 3.77. The number of ether oxygens (including phenoxy) is 1. The summed E-state index contributed by atoms with van der Waals surface area (Å²) in [7, 11) is 0. The molecule has 0 amide bonds. The van der Waals surface area contributed by atoms with Gasteiger partial charge in [0, 0.05) is 28.9 Å². The van der Waals surface area contributed by atoms with Crippen molar-refractivity contribution in [2.75, 3.05) is 6.54 Å². The van der Waals surface area contributed by atoms with Crippen LogP contribution in [0.15, 0.2) is 60.9 Å². The third-order valence-corrected chi connectivity index (χ3v) is 5.51. The number of hydrogen-bond acceptors (Lipinski definition) is 4. The maximum absolute atomic E-state index is 13.2.